The second-order valence-electron chi connectivity index (χ2n) is 9.62. The van der Waals surface area contributed by atoms with Gasteiger partial charge in [-0.2, -0.15) is 0 Å². The molecule has 0 unspecified atom stereocenters. The minimum atomic E-state index is -0.534. The highest BCUT2D eigenvalue weighted by atomic mass is 35.5. The van der Waals surface area contributed by atoms with Gasteiger partial charge in [0.25, 0.3) is 0 Å². The van der Waals surface area contributed by atoms with Crippen LogP contribution in [0.25, 0.3) is 0 Å². The maximum absolute atomic E-state index is 11.6. The molecule has 2 aromatic rings. The van der Waals surface area contributed by atoms with E-state index in [2.05, 4.69) is 10.6 Å². The molecule has 0 heterocycles. The fourth-order valence-electron chi connectivity index (χ4n) is 2.43. The molecule has 0 aliphatic rings. The van der Waals surface area contributed by atoms with E-state index < -0.39 is 23.4 Å². The summed E-state index contributed by atoms with van der Waals surface area (Å²) in [7, 11) is 3.81. The van der Waals surface area contributed by atoms with Gasteiger partial charge >= 0.3 is 12.2 Å². The fraction of sp³-hybridized carbons (Fsp3) is 0.417. The summed E-state index contributed by atoms with van der Waals surface area (Å²) in [4.78, 5) is 25.0. The van der Waals surface area contributed by atoms with Gasteiger partial charge in [-0.15, -0.1) is 0 Å². The van der Waals surface area contributed by atoms with Crippen molar-refractivity contribution in [3.05, 3.63) is 46.4 Å². The maximum atomic E-state index is 11.6. The zero-order chi connectivity index (χ0) is 26.3. The van der Waals surface area contributed by atoms with E-state index >= 15 is 0 Å². The van der Waals surface area contributed by atoms with Crippen molar-refractivity contribution < 1.29 is 19.1 Å². The number of hydrogen-bond acceptors (Lipinski definition) is 6. The first kappa shape index (κ1) is 29.2. The van der Waals surface area contributed by atoms with Crippen molar-refractivity contribution in [2.75, 3.05) is 35.4 Å². The topological polar surface area (TPSA) is 106 Å². The maximum Gasteiger partial charge on any atom is 0.412 e. The van der Waals surface area contributed by atoms with Crippen LogP contribution in [-0.4, -0.2) is 37.5 Å². The summed E-state index contributed by atoms with van der Waals surface area (Å²) < 4.78 is 10.3. The summed E-state index contributed by atoms with van der Waals surface area (Å²) in [5, 5.41) is 6.24. The van der Waals surface area contributed by atoms with Gasteiger partial charge in [-0.25, -0.2) is 9.59 Å². The molecule has 0 aliphatic carbocycles. The zero-order valence-electron chi connectivity index (χ0n) is 20.9. The molecule has 34 heavy (non-hydrogen) atoms. The molecule has 0 atom stereocenters. The molecule has 0 radical (unpaired) electrons. The van der Waals surface area contributed by atoms with Crippen LogP contribution in [0.5, 0.6) is 0 Å². The third-order valence-electron chi connectivity index (χ3n) is 3.61. The van der Waals surface area contributed by atoms with Gasteiger partial charge in [-0.1, -0.05) is 23.2 Å². The highest BCUT2D eigenvalue weighted by Crippen LogP contribution is 2.25. The van der Waals surface area contributed by atoms with E-state index in [1.165, 1.54) is 0 Å². The molecule has 0 bridgehead atoms. The lowest BCUT2D eigenvalue weighted by atomic mass is 10.2. The quantitative estimate of drug-likeness (QED) is 0.381. The number of hydrogen-bond donors (Lipinski definition) is 3. The molecule has 0 aromatic heterocycles. The highest BCUT2D eigenvalue weighted by molar-refractivity contribution is 6.31. The Morgan fingerprint density at radius 1 is 0.765 bits per heavy atom. The lowest BCUT2D eigenvalue weighted by Crippen LogP contribution is -2.27. The summed E-state index contributed by atoms with van der Waals surface area (Å²) in [5.74, 6) is 0. The zero-order valence-corrected chi connectivity index (χ0v) is 22.4. The Morgan fingerprint density at radius 3 is 1.56 bits per heavy atom. The van der Waals surface area contributed by atoms with E-state index in [4.69, 9.17) is 38.4 Å². The first-order chi connectivity index (χ1) is 15.4. The van der Waals surface area contributed by atoms with Crippen LogP contribution < -0.4 is 21.3 Å². The molecular weight excluding hydrogens is 479 g/mol. The number of carbonyl (C=O) groups excluding carboxylic acids is 2. The number of carbonyl (C=O) groups is 2. The molecular formula is C24H34Cl2N4O4. The number of ether oxygens (including phenoxy) is 2. The van der Waals surface area contributed by atoms with Crippen LogP contribution in [0.4, 0.5) is 32.3 Å². The Labute approximate surface area is 211 Å². The lowest BCUT2D eigenvalue weighted by molar-refractivity contribution is 0.0624. The van der Waals surface area contributed by atoms with Crippen LogP contribution in [0.1, 0.15) is 41.5 Å². The Bertz CT molecular complexity index is 979. The van der Waals surface area contributed by atoms with Gasteiger partial charge in [-0.05, 0) is 77.9 Å². The predicted octanol–water partition coefficient (Wildman–Crippen LogP) is 7.02. The van der Waals surface area contributed by atoms with Crippen LogP contribution in [0.2, 0.25) is 10.0 Å². The molecule has 2 amide bonds. The normalized spacial score (nSPS) is 11.0. The van der Waals surface area contributed by atoms with Crippen molar-refractivity contribution in [2.45, 2.75) is 52.7 Å². The Morgan fingerprint density at radius 2 is 1.18 bits per heavy atom. The van der Waals surface area contributed by atoms with Crippen LogP contribution in [-0.2, 0) is 9.47 Å². The predicted molar refractivity (Wildman–Crippen MR) is 141 cm³/mol. The summed E-state index contributed by atoms with van der Waals surface area (Å²) in [5.41, 5.74) is 7.05. The molecule has 0 spiro atoms. The van der Waals surface area contributed by atoms with Crippen LogP contribution >= 0.6 is 23.2 Å². The van der Waals surface area contributed by atoms with Gasteiger partial charge in [0, 0.05) is 46.9 Å². The summed E-state index contributed by atoms with van der Waals surface area (Å²) in [6.45, 7) is 10.8. The average molecular weight is 513 g/mol. The number of anilines is 4. The number of halogens is 2. The smallest absolute Gasteiger partial charge is 0.412 e. The fourth-order valence-corrected chi connectivity index (χ4v) is 2.90. The summed E-state index contributed by atoms with van der Waals surface area (Å²) in [6.07, 6.45) is -1.02. The summed E-state index contributed by atoms with van der Waals surface area (Å²) >= 11 is 11.8. The molecule has 0 saturated heterocycles. The second-order valence-corrected chi connectivity index (χ2v) is 10.5. The molecule has 4 N–H and O–H groups in total. The third-order valence-corrected chi connectivity index (χ3v) is 4.05. The van der Waals surface area contributed by atoms with Crippen molar-refractivity contribution in [1.82, 2.24) is 0 Å². The van der Waals surface area contributed by atoms with E-state index in [0.717, 1.165) is 5.69 Å². The molecule has 188 valence electrons. The Balaban J connectivity index is 0.000000342. The number of rotatable bonds is 3. The standard InChI is InChI=1S/C13H19ClN2O2.C11H15ClN2O2/c1-13(2,3)18-12(17)15-10-6-9(14)7-11(8-10)16(4)5;1-11(2,3)16-10(15)14-9-5-7(12)4-8(13)6-9/h6-8H,1-5H3,(H,15,17);4-6H,13H2,1-3H3,(H,14,15). The van der Waals surface area contributed by atoms with E-state index in [9.17, 15) is 9.59 Å². The van der Waals surface area contributed by atoms with Crippen LogP contribution in [0, 0.1) is 0 Å². The molecule has 2 aromatic carbocycles. The monoisotopic (exact) mass is 512 g/mol. The molecule has 0 aliphatic heterocycles. The molecule has 0 saturated carbocycles. The van der Waals surface area contributed by atoms with Crippen LogP contribution in [0.15, 0.2) is 36.4 Å². The number of nitrogens with zero attached hydrogens (tertiary/aromatic N) is 1. The second kappa shape index (κ2) is 12.0. The molecule has 10 heteroatoms. The van der Waals surface area contributed by atoms with Crippen molar-refractivity contribution in [1.29, 1.82) is 0 Å². The van der Waals surface area contributed by atoms with Gasteiger partial charge in [0.15, 0.2) is 0 Å². The first-order valence-corrected chi connectivity index (χ1v) is 11.2. The van der Waals surface area contributed by atoms with E-state index in [1.807, 2.05) is 51.9 Å². The van der Waals surface area contributed by atoms with Gasteiger partial charge in [0.1, 0.15) is 11.2 Å². The third kappa shape index (κ3) is 12.4. The first-order valence-electron chi connectivity index (χ1n) is 10.5. The van der Waals surface area contributed by atoms with Crippen LogP contribution in [0.3, 0.4) is 0 Å². The van der Waals surface area contributed by atoms with E-state index in [1.54, 1.807) is 45.0 Å². The number of nitrogen functional groups attached to an aromatic ring is 1. The largest absolute Gasteiger partial charge is 0.444 e. The number of nitrogens with one attached hydrogen (secondary N) is 2. The Hall–Kier alpha value is -2.84. The highest BCUT2D eigenvalue weighted by Gasteiger charge is 2.17. The number of nitrogens with two attached hydrogens (primary N) is 1. The van der Waals surface area contributed by atoms with E-state index in [0.29, 0.717) is 27.1 Å². The van der Waals surface area contributed by atoms with Gasteiger partial charge < -0.3 is 20.1 Å². The van der Waals surface area contributed by atoms with Crippen molar-refractivity contribution in [3.8, 4) is 0 Å². The van der Waals surface area contributed by atoms with E-state index in [-0.39, 0.29) is 0 Å². The molecule has 2 rings (SSSR count). The van der Waals surface area contributed by atoms with Crippen molar-refractivity contribution in [3.63, 3.8) is 0 Å². The molecule has 8 nitrogen and oxygen atoms in total. The number of benzene rings is 2. The van der Waals surface area contributed by atoms with Gasteiger partial charge in [-0.3, -0.25) is 10.6 Å². The molecule has 0 fully saturated rings. The SMILES string of the molecule is CC(C)(C)OC(=O)Nc1cc(N)cc(Cl)c1.CN(C)c1cc(Cl)cc(NC(=O)OC(C)(C)C)c1. The Kier molecular flexibility index (Phi) is 10.3. The summed E-state index contributed by atoms with van der Waals surface area (Å²) in [6, 6.07) is 10.1. The lowest BCUT2D eigenvalue weighted by Gasteiger charge is -2.20. The minimum Gasteiger partial charge on any atom is -0.444 e. The van der Waals surface area contributed by atoms with Gasteiger partial charge in [0.2, 0.25) is 0 Å². The number of amides is 2. The average Bonchev–Trinajstić information content (AvgIpc) is 2.57. The van der Waals surface area contributed by atoms with Crippen molar-refractivity contribution in [2.24, 2.45) is 0 Å². The minimum absolute atomic E-state index is 0.464. The van der Waals surface area contributed by atoms with Gasteiger partial charge in [0.05, 0.1) is 0 Å². The van der Waals surface area contributed by atoms with Crippen molar-refractivity contribution >= 4 is 58.1 Å².